The molecule has 0 bridgehead atoms. The average molecular weight is 269 g/mol. The van der Waals surface area contributed by atoms with Gasteiger partial charge < -0.3 is 14.4 Å². The SMILES string of the molecule is CC(C)OCCCC(=O)N1CCOCC12CCCC2. The molecule has 110 valence electrons. The van der Waals surface area contributed by atoms with Gasteiger partial charge >= 0.3 is 0 Å². The fraction of sp³-hybridized carbons (Fsp3) is 0.933. The summed E-state index contributed by atoms with van der Waals surface area (Å²) in [4.78, 5) is 14.5. The summed E-state index contributed by atoms with van der Waals surface area (Å²) in [6, 6.07) is 0. The fourth-order valence-corrected chi connectivity index (χ4v) is 3.25. The Labute approximate surface area is 116 Å². The lowest BCUT2D eigenvalue weighted by Gasteiger charge is -2.44. The van der Waals surface area contributed by atoms with Gasteiger partial charge in [-0.15, -0.1) is 0 Å². The molecule has 0 aromatic rings. The highest BCUT2D eigenvalue weighted by atomic mass is 16.5. The van der Waals surface area contributed by atoms with Crippen molar-refractivity contribution in [2.75, 3.05) is 26.4 Å². The van der Waals surface area contributed by atoms with Gasteiger partial charge in [0.25, 0.3) is 0 Å². The van der Waals surface area contributed by atoms with E-state index in [0.29, 0.717) is 19.6 Å². The van der Waals surface area contributed by atoms with Crippen LogP contribution in [0.1, 0.15) is 52.4 Å². The predicted octanol–water partition coefficient (Wildman–Crippen LogP) is 2.36. The first-order chi connectivity index (χ1) is 9.14. The van der Waals surface area contributed by atoms with Crippen molar-refractivity contribution in [2.45, 2.75) is 64.0 Å². The van der Waals surface area contributed by atoms with Crippen LogP contribution in [0.2, 0.25) is 0 Å². The van der Waals surface area contributed by atoms with Crippen LogP contribution in [0, 0.1) is 0 Å². The summed E-state index contributed by atoms with van der Waals surface area (Å²) in [6.07, 6.45) is 6.36. The van der Waals surface area contributed by atoms with Crippen LogP contribution in [0.3, 0.4) is 0 Å². The monoisotopic (exact) mass is 269 g/mol. The van der Waals surface area contributed by atoms with Gasteiger partial charge in [-0.05, 0) is 33.1 Å². The number of ether oxygens (including phenoxy) is 2. The molecule has 1 amide bonds. The first-order valence-electron chi connectivity index (χ1n) is 7.64. The maximum absolute atomic E-state index is 12.4. The molecule has 0 unspecified atom stereocenters. The van der Waals surface area contributed by atoms with Crippen molar-refractivity contribution in [3.05, 3.63) is 0 Å². The van der Waals surface area contributed by atoms with E-state index >= 15 is 0 Å². The average Bonchev–Trinajstić information content (AvgIpc) is 2.83. The van der Waals surface area contributed by atoms with Gasteiger partial charge in [0, 0.05) is 19.6 Å². The molecule has 1 heterocycles. The number of carbonyl (C=O) groups is 1. The maximum atomic E-state index is 12.4. The molecular weight excluding hydrogens is 242 g/mol. The van der Waals surface area contributed by atoms with Crippen LogP contribution in [0.4, 0.5) is 0 Å². The van der Waals surface area contributed by atoms with Crippen molar-refractivity contribution in [3.8, 4) is 0 Å². The summed E-state index contributed by atoms with van der Waals surface area (Å²) >= 11 is 0. The summed E-state index contributed by atoms with van der Waals surface area (Å²) in [5, 5.41) is 0. The van der Waals surface area contributed by atoms with Crippen molar-refractivity contribution in [1.29, 1.82) is 0 Å². The smallest absolute Gasteiger partial charge is 0.223 e. The second kappa shape index (κ2) is 6.71. The summed E-state index contributed by atoms with van der Waals surface area (Å²) in [7, 11) is 0. The summed E-state index contributed by atoms with van der Waals surface area (Å²) in [6.45, 7) is 6.93. The Morgan fingerprint density at radius 2 is 2.11 bits per heavy atom. The number of amides is 1. The van der Waals surface area contributed by atoms with Crippen LogP contribution in [-0.4, -0.2) is 48.8 Å². The summed E-state index contributed by atoms with van der Waals surface area (Å²) in [5.41, 5.74) is 0.0221. The minimum atomic E-state index is 0.0221. The number of hydrogen-bond donors (Lipinski definition) is 0. The third-order valence-electron chi connectivity index (χ3n) is 4.22. The van der Waals surface area contributed by atoms with Crippen LogP contribution >= 0.6 is 0 Å². The molecule has 2 aliphatic rings. The molecule has 1 aliphatic carbocycles. The largest absolute Gasteiger partial charge is 0.379 e. The van der Waals surface area contributed by atoms with E-state index in [2.05, 4.69) is 4.90 Å². The zero-order chi connectivity index (χ0) is 13.7. The normalized spacial score (nSPS) is 22.4. The second-order valence-electron chi connectivity index (χ2n) is 6.05. The molecule has 0 aromatic carbocycles. The number of morpholine rings is 1. The standard InChI is InChI=1S/C15H27NO3/c1-13(2)19-10-5-6-14(17)16-9-11-18-12-15(16)7-3-4-8-15/h13H,3-12H2,1-2H3. The van der Waals surface area contributed by atoms with E-state index < -0.39 is 0 Å². The second-order valence-corrected chi connectivity index (χ2v) is 6.05. The Morgan fingerprint density at radius 1 is 1.37 bits per heavy atom. The Hall–Kier alpha value is -0.610. The van der Waals surface area contributed by atoms with Crippen molar-refractivity contribution >= 4 is 5.91 Å². The zero-order valence-electron chi connectivity index (χ0n) is 12.3. The molecule has 1 saturated heterocycles. The first-order valence-corrected chi connectivity index (χ1v) is 7.64. The molecule has 1 saturated carbocycles. The number of nitrogens with zero attached hydrogens (tertiary/aromatic N) is 1. The molecule has 2 rings (SSSR count). The van der Waals surface area contributed by atoms with Crippen molar-refractivity contribution in [3.63, 3.8) is 0 Å². The summed E-state index contributed by atoms with van der Waals surface area (Å²) in [5.74, 6) is 0.289. The van der Waals surface area contributed by atoms with E-state index in [0.717, 1.165) is 32.4 Å². The molecule has 4 heteroatoms. The van der Waals surface area contributed by atoms with E-state index in [1.165, 1.54) is 12.8 Å². The van der Waals surface area contributed by atoms with Crippen LogP contribution in [0.25, 0.3) is 0 Å². The van der Waals surface area contributed by atoms with Crippen molar-refractivity contribution < 1.29 is 14.3 Å². The molecule has 19 heavy (non-hydrogen) atoms. The molecule has 2 fully saturated rings. The predicted molar refractivity (Wildman–Crippen MR) is 74.1 cm³/mol. The molecule has 0 atom stereocenters. The topological polar surface area (TPSA) is 38.8 Å². The van der Waals surface area contributed by atoms with E-state index in [1.807, 2.05) is 13.8 Å². The molecule has 0 aromatic heterocycles. The van der Waals surface area contributed by atoms with Gasteiger partial charge in [-0.1, -0.05) is 12.8 Å². The lowest BCUT2D eigenvalue weighted by Crippen LogP contribution is -2.57. The lowest BCUT2D eigenvalue weighted by atomic mass is 9.94. The molecule has 0 N–H and O–H groups in total. The quantitative estimate of drug-likeness (QED) is 0.719. The highest BCUT2D eigenvalue weighted by molar-refractivity contribution is 5.77. The fourth-order valence-electron chi connectivity index (χ4n) is 3.25. The van der Waals surface area contributed by atoms with Crippen molar-refractivity contribution in [1.82, 2.24) is 4.90 Å². The third-order valence-corrected chi connectivity index (χ3v) is 4.22. The zero-order valence-corrected chi connectivity index (χ0v) is 12.3. The van der Waals surface area contributed by atoms with E-state index in [4.69, 9.17) is 9.47 Å². The van der Waals surface area contributed by atoms with Gasteiger partial charge in [0.2, 0.25) is 5.91 Å². The number of carbonyl (C=O) groups excluding carboxylic acids is 1. The van der Waals surface area contributed by atoms with Gasteiger partial charge in [0.05, 0.1) is 24.9 Å². The highest BCUT2D eigenvalue weighted by Gasteiger charge is 2.43. The molecule has 4 nitrogen and oxygen atoms in total. The minimum Gasteiger partial charge on any atom is -0.379 e. The summed E-state index contributed by atoms with van der Waals surface area (Å²) < 4.78 is 11.1. The Bertz CT molecular complexity index is 298. The van der Waals surface area contributed by atoms with Gasteiger partial charge in [0.1, 0.15) is 0 Å². The maximum Gasteiger partial charge on any atom is 0.223 e. The number of hydrogen-bond acceptors (Lipinski definition) is 3. The lowest BCUT2D eigenvalue weighted by molar-refractivity contribution is -0.149. The first kappa shape index (κ1) is 14.8. The van der Waals surface area contributed by atoms with Gasteiger partial charge in [-0.2, -0.15) is 0 Å². The van der Waals surface area contributed by atoms with Crippen LogP contribution in [0.5, 0.6) is 0 Å². The van der Waals surface area contributed by atoms with E-state index in [1.54, 1.807) is 0 Å². The highest BCUT2D eigenvalue weighted by Crippen LogP contribution is 2.37. The number of rotatable bonds is 5. The molecule has 1 spiro atoms. The van der Waals surface area contributed by atoms with E-state index in [-0.39, 0.29) is 17.6 Å². The van der Waals surface area contributed by atoms with Crippen LogP contribution in [-0.2, 0) is 14.3 Å². The molecule has 0 radical (unpaired) electrons. The van der Waals surface area contributed by atoms with Gasteiger partial charge in [0.15, 0.2) is 0 Å². The molecule has 1 aliphatic heterocycles. The Balaban J connectivity index is 1.82. The third kappa shape index (κ3) is 3.69. The molecular formula is C15H27NO3. The van der Waals surface area contributed by atoms with Crippen LogP contribution in [0.15, 0.2) is 0 Å². The van der Waals surface area contributed by atoms with E-state index in [9.17, 15) is 4.79 Å². The van der Waals surface area contributed by atoms with Crippen molar-refractivity contribution in [2.24, 2.45) is 0 Å². The van der Waals surface area contributed by atoms with Crippen LogP contribution < -0.4 is 0 Å². The minimum absolute atomic E-state index is 0.0221. The van der Waals surface area contributed by atoms with Gasteiger partial charge in [-0.25, -0.2) is 0 Å². The Morgan fingerprint density at radius 3 is 2.79 bits per heavy atom. The Kier molecular flexibility index (Phi) is 5.22. The van der Waals surface area contributed by atoms with Gasteiger partial charge in [-0.3, -0.25) is 4.79 Å².